The average molecular weight is 144 g/mol. The number of rotatable bonds is 0. The largest absolute Gasteiger partial charge is 0.388 e. The van der Waals surface area contributed by atoms with Crippen molar-refractivity contribution in [3.05, 3.63) is 0 Å². The molecule has 2 fully saturated rings. The van der Waals surface area contributed by atoms with Crippen molar-refractivity contribution in [2.75, 3.05) is 13.2 Å². The summed E-state index contributed by atoms with van der Waals surface area (Å²) in [6, 6.07) is 0. The van der Waals surface area contributed by atoms with Crippen molar-refractivity contribution in [2.45, 2.75) is 25.2 Å². The number of aliphatic hydroxyl groups is 1. The quantitative estimate of drug-likeness (QED) is 0.511. The van der Waals surface area contributed by atoms with Gasteiger partial charge in [-0.25, -0.2) is 0 Å². The smallest absolute Gasteiger partial charge is 0.112 e. The lowest BCUT2D eigenvalue weighted by Gasteiger charge is -2.10. The van der Waals surface area contributed by atoms with Gasteiger partial charge in [0.25, 0.3) is 0 Å². The highest BCUT2D eigenvalue weighted by molar-refractivity contribution is 4.92. The van der Waals surface area contributed by atoms with Crippen LogP contribution in [0.3, 0.4) is 0 Å². The molecule has 2 rings (SSSR count). The number of hydrogen-bond donors (Lipinski definition) is 1. The monoisotopic (exact) mass is 144 g/mol. The topological polar surface area (TPSA) is 38.7 Å². The first-order valence-corrected chi connectivity index (χ1v) is 3.70. The van der Waals surface area contributed by atoms with E-state index >= 15 is 0 Å². The molecule has 10 heavy (non-hydrogen) atoms. The summed E-state index contributed by atoms with van der Waals surface area (Å²) < 4.78 is 10.7. The fourth-order valence-electron chi connectivity index (χ4n) is 1.67. The Kier molecular flexibility index (Phi) is 1.44. The van der Waals surface area contributed by atoms with Gasteiger partial charge in [0.15, 0.2) is 0 Å². The second-order valence-corrected chi connectivity index (χ2v) is 3.14. The van der Waals surface area contributed by atoms with Crippen molar-refractivity contribution in [3.8, 4) is 0 Å². The van der Waals surface area contributed by atoms with E-state index in [1.165, 1.54) is 0 Å². The van der Waals surface area contributed by atoms with Crippen LogP contribution in [0.4, 0.5) is 0 Å². The van der Waals surface area contributed by atoms with Crippen LogP contribution in [0.2, 0.25) is 0 Å². The van der Waals surface area contributed by atoms with Crippen molar-refractivity contribution in [1.82, 2.24) is 0 Å². The van der Waals surface area contributed by atoms with Crippen LogP contribution >= 0.6 is 0 Å². The normalized spacial score (nSPS) is 53.4. The zero-order valence-electron chi connectivity index (χ0n) is 5.99. The maximum absolute atomic E-state index is 9.27. The summed E-state index contributed by atoms with van der Waals surface area (Å²) in [5.41, 5.74) is 0. The maximum Gasteiger partial charge on any atom is 0.112 e. The van der Waals surface area contributed by atoms with Crippen LogP contribution < -0.4 is 0 Å². The van der Waals surface area contributed by atoms with Crippen LogP contribution in [0, 0.1) is 5.92 Å². The lowest BCUT2D eigenvalue weighted by Crippen LogP contribution is -2.28. The molecule has 0 aliphatic carbocycles. The number of ether oxygens (including phenoxy) is 2. The summed E-state index contributed by atoms with van der Waals surface area (Å²) in [5, 5.41) is 9.27. The molecule has 2 aliphatic rings. The molecule has 0 aromatic carbocycles. The highest BCUT2D eigenvalue weighted by atomic mass is 16.6. The minimum atomic E-state index is -0.394. The molecule has 1 N–H and O–H groups in total. The summed E-state index contributed by atoms with van der Waals surface area (Å²) in [7, 11) is 0. The highest BCUT2D eigenvalue weighted by Gasteiger charge is 2.44. The first-order valence-electron chi connectivity index (χ1n) is 3.70. The van der Waals surface area contributed by atoms with E-state index in [4.69, 9.17) is 9.47 Å². The Hall–Kier alpha value is -0.120. The van der Waals surface area contributed by atoms with Crippen LogP contribution in [0.1, 0.15) is 6.92 Å². The first kappa shape index (κ1) is 6.58. The van der Waals surface area contributed by atoms with Crippen LogP contribution in [0.15, 0.2) is 0 Å². The van der Waals surface area contributed by atoms with Gasteiger partial charge in [0.2, 0.25) is 0 Å². The Bertz CT molecular complexity index is 121. The predicted molar refractivity (Wildman–Crippen MR) is 34.7 cm³/mol. The minimum Gasteiger partial charge on any atom is -0.388 e. The molecule has 2 aliphatic heterocycles. The summed E-state index contributed by atoms with van der Waals surface area (Å²) in [6.45, 7) is 3.26. The highest BCUT2D eigenvalue weighted by Crippen LogP contribution is 2.30. The number of hydrogen-bond acceptors (Lipinski definition) is 3. The van der Waals surface area contributed by atoms with Gasteiger partial charge in [-0.05, 0) is 0 Å². The number of fused-ring (bicyclic) bond motifs is 1. The average Bonchev–Trinajstić information content (AvgIpc) is 2.41. The van der Waals surface area contributed by atoms with Crippen molar-refractivity contribution >= 4 is 0 Å². The van der Waals surface area contributed by atoms with Crippen LogP contribution in [-0.4, -0.2) is 36.6 Å². The third-order valence-corrected chi connectivity index (χ3v) is 2.27. The van der Waals surface area contributed by atoms with E-state index in [9.17, 15) is 5.11 Å². The zero-order chi connectivity index (χ0) is 7.14. The van der Waals surface area contributed by atoms with E-state index in [-0.39, 0.29) is 12.2 Å². The van der Waals surface area contributed by atoms with Gasteiger partial charge in [-0.2, -0.15) is 0 Å². The summed E-state index contributed by atoms with van der Waals surface area (Å²) in [5.74, 6) is 0.446. The molecular formula is C7H12O3. The standard InChI is InChI=1S/C7H12O3/c1-4-2-9-7-5(8)3-10-6(4)7/h4-8H,2-3H2,1H3/t4-,5-,6-,7-/m0/s1. The summed E-state index contributed by atoms with van der Waals surface area (Å²) in [6.07, 6.45) is -0.292. The van der Waals surface area contributed by atoms with Crippen molar-refractivity contribution in [3.63, 3.8) is 0 Å². The van der Waals surface area contributed by atoms with E-state index in [0.717, 1.165) is 6.61 Å². The van der Waals surface area contributed by atoms with E-state index in [2.05, 4.69) is 6.92 Å². The molecule has 0 bridgehead atoms. The molecule has 0 aromatic heterocycles. The van der Waals surface area contributed by atoms with E-state index in [1.807, 2.05) is 0 Å². The molecule has 3 nitrogen and oxygen atoms in total. The van der Waals surface area contributed by atoms with Gasteiger partial charge in [-0.15, -0.1) is 0 Å². The van der Waals surface area contributed by atoms with Gasteiger partial charge in [0.05, 0.1) is 19.3 Å². The van der Waals surface area contributed by atoms with Gasteiger partial charge in [0, 0.05) is 5.92 Å². The molecule has 0 unspecified atom stereocenters. The predicted octanol–water partition coefficient (Wildman–Crippen LogP) is -0.219. The molecule has 4 atom stereocenters. The van der Waals surface area contributed by atoms with Gasteiger partial charge in [-0.3, -0.25) is 0 Å². The van der Waals surface area contributed by atoms with Crippen molar-refractivity contribution in [2.24, 2.45) is 5.92 Å². The van der Waals surface area contributed by atoms with Gasteiger partial charge < -0.3 is 14.6 Å². The number of aliphatic hydroxyl groups excluding tert-OH is 1. The lowest BCUT2D eigenvalue weighted by atomic mass is 10.0. The Labute approximate surface area is 59.9 Å². The Balaban J connectivity index is 2.09. The molecule has 0 amide bonds. The second kappa shape index (κ2) is 2.19. The molecule has 2 heterocycles. The maximum atomic E-state index is 9.27. The van der Waals surface area contributed by atoms with Gasteiger partial charge in [0.1, 0.15) is 12.2 Å². The van der Waals surface area contributed by atoms with Crippen LogP contribution in [-0.2, 0) is 9.47 Å². The molecule has 0 saturated carbocycles. The van der Waals surface area contributed by atoms with Crippen molar-refractivity contribution in [1.29, 1.82) is 0 Å². The van der Waals surface area contributed by atoms with Crippen LogP contribution in [0.5, 0.6) is 0 Å². The fraction of sp³-hybridized carbons (Fsp3) is 1.00. The van der Waals surface area contributed by atoms with E-state index in [0.29, 0.717) is 12.5 Å². The van der Waals surface area contributed by atoms with Crippen molar-refractivity contribution < 1.29 is 14.6 Å². The van der Waals surface area contributed by atoms with E-state index in [1.54, 1.807) is 0 Å². The Morgan fingerprint density at radius 3 is 2.60 bits per heavy atom. The van der Waals surface area contributed by atoms with Gasteiger partial charge in [-0.1, -0.05) is 6.92 Å². The molecule has 0 spiro atoms. The Morgan fingerprint density at radius 2 is 1.90 bits per heavy atom. The molecule has 3 heteroatoms. The third-order valence-electron chi connectivity index (χ3n) is 2.27. The first-order chi connectivity index (χ1) is 4.79. The van der Waals surface area contributed by atoms with Crippen LogP contribution in [0.25, 0.3) is 0 Å². The fourth-order valence-corrected chi connectivity index (χ4v) is 1.67. The molecule has 2 saturated heterocycles. The third kappa shape index (κ3) is 0.779. The lowest BCUT2D eigenvalue weighted by molar-refractivity contribution is 0.0173. The molecule has 58 valence electrons. The zero-order valence-corrected chi connectivity index (χ0v) is 5.99. The summed E-state index contributed by atoms with van der Waals surface area (Å²) in [4.78, 5) is 0. The molecular weight excluding hydrogens is 132 g/mol. The minimum absolute atomic E-state index is 0.0463. The molecule has 0 radical (unpaired) electrons. The molecule has 0 aromatic rings. The van der Waals surface area contributed by atoms with E-state index < -0.39 is 6.10 Å². The van der Waals surface area contributed by atoms with Gasteiger partial charge >= 0.3 is 0 Å². The Morgan fingerprint density at radius 1 is 1.20 bits per heavy atom. The summed E-state index contributed by atoms with van der Waals surface area (Å²) >= 11 is 0. The SMILES string of the molecule is C[C@H]1CO[C@@H]2[C@H]1OC[C@@H]2O. The second-order valence-electron chi connectivity index (χ2n) is 3.14.